The van der Waals surface area contributed by atoms with Crippen LogP contribution in [0.5, 0.6) is 0 Å². The summed E-state index contributed by atoms with van der Waals surface area (Å²) in [6.07, 6.45) is 6.65. The Bertz CT molecular complexity index is 672. The number of hydrogen-bond acceptors (Lipinski definition) is 3. The molecule has 20 heavy (non-hydrogen) atoms. The zero-order valence-corrected chi connectivity index (χ0v) is 11.6. The van der Waals surface area contributed by atoms with Crippen molar-refractivity contribution in [3.8, 4) is 11.1 Å². The lowest BCUT2D eigenvalue weighted by Gasteiger charge is -2.31. The van der Waals surface area contributed by atoms with Crippen molar-refractivity contribution in [2.45, 2.75) is 31.7 Å². The standard InChI is InChI=1S/C17H17NO2/c1-12-18-17(11-20-12)7-5-16-13(9-17)3-2-4-15(16)14-6-8-19-10-14/h2-4,6,8,10H,5,7,9,11H2,1H3/t17-/m0/s1. The van der Waals surface area contributed by atoms with E-state index < -0.39 is 0 Å². The number of ether oxygens (including phenoxy) is 1. The van der Waals surface area contributed by atoms with Crippen LogP contribution in [0.3, 0.4) is 0 Å². The van der Waals surface area contributed by atoms with Crippen LogP contribution in [0.2, 0.25) is 0 Å². The predicted molar refractivity (Wildman–Crippen MR) is 78.0 cm³/mol. The van der Waals surface area contributed by atoms with Gasteiger partial charge in [-0.25, -0.2) is 4.99 Å². The first kappa shape index (κ1) is 11.8. The second-order valence-corrected chi connectivity index (χ2v) is 5.78. The Morgan fingerprint density at radius 1 is 1.25 bits per heavy atom. The van der Waals surface area contributed by atoms with Crippen LogP contribution in [0, 0.1) is 0 Å². The number of aliphatic imine (C=N–C) groups is 1. The van der Waals surface area contributed by atoms with Gasteiger partial charge in [0.05, 0.1) is 12.5 Å². The highest BCUT2D eigenvalue weighted by molar-refractivity contribution is 5.76. The van der Waals surface area contributed by atoms with Gasteiger partial charge in [0, 0.05) is 18.9 Å². The summed E-state index contributed by atoms with van der Waals surface area (Å²) < 4.78 is 10.8. The normalized spacial score (nSPS) is 24.4. The van der Waals surface area contributed by atoms with Crippen LogP contribution in [-0.4, -0.2) is 18.0 Å². The van der Waals surface area contributed by atoms with E-state index in [-0.39, 0.29) is 5.54 Å². The third kappa shape index (κ3) is 1.77. The van der Waals surface area contributed by atoms with Crippen molar-refractivity contribution in [3.05, 3.63) is 47.9 Å². The summed E-state index contributed by atoms with van der Waals surface area (Å²) in [7, 11) is 0. The van der Waals surface area contributed by atoms with Crippen LogP contribution in [0.1, 0.15) is 24.5 Å². The maximum Gasteiger partial charge on any atom is 0.180 e. The molecule has 0 radical (unpaired) electrons. The van der Waals surface area contributed by atoms with Crippen molar-refractivity contribution >= 4 is 5.90 Å². The van der Waals surface area contributed by atoms with E-state index in [1.165, 1.54) is 22.3 Å². The third-order valence-electron chi connectivity index (χ3n) is 4.41. The van der Waals surface area contributed by atoms with Gasteiger partial charge in [-0.1, -0.05) is 18.2 Å². The molecule has 0 fully saturated rings. The SMILES string of the molecule is CC1=N[C@]2(CCc3c(cccc3-c3ccoc3)C2)CO1. The van der Waals surface area contributed by atoms with Crippen molar-refractivity contribution < 1.29 is 9.15 Å². The Labute approximate surface area is 118 Å². The zero-order chi connectivity index (χ0) is 13.6. The molecule has 1 aromatic carbocycles. The quantitative estimate of drug-likeness (QED) is 0.791. The highest BCUT2D eigenvalue weighted by Gasteiger charge is 2.39. The minimum absolute atomic E-state index is 0.0217. The second kappa shape index (κ2) is 4.23. The third-order valence-corrected chi connectivity index (χ3v) is 4.41. The first-order valence-corrected chi connectivity index (χ1v) is 7.08. The van der Waals surface area contributed by atoms with Crippen LogP contribution in [0.15, 0.2) is 46.2 Å². The van der Waals surface area contributed by atoms with Gasteiger partial charge < -0.3 is 9.15 Å². The molecule has 102 valence electrons. The van der Waals surface area contributed by atoms with Gasteiger partial charge in [-0.3, -0.25) is 0 Å². The molecule has 3 nitrogen and oxygen atoms in total. The molecule has 1 aliphatic heterocycles. The molecule has 0 unspecified atom stereocenters. The average Bonchev–Trinajstić information content (AvgIpc) is 3.09. The minimum Gasteiger partial charge on any atom is -0.479 e. The molecular formula is C17H17NO2. The fourth-order valence-corrected chi connectivity index (χ4v) is 3.44. The molecule has 3 heteroatoms. The summed E-state index contributed by atoms with van der Waals surface area (Å²) in [6, 6.07) is 8.57. The van der Waals surface area contributed by atoms with E-state index in [2.05, 4.69) is 18.2 Å². The Morgan fingerprint density at radius 3 is 2.95 bits per heavy atom. The number of hydrogen-bond donors (Lipinski definition) is 0. The second-order valence-electron chi connectivity index (χ2n) is 5.78. The number of furan rings is 1. The molecule has 1 spiro atoms. The minimum atomic E-state index is -0.0217. The lowest BCUT2D eigenvalue weighted by atomic mass is 9.77. The van der Waals surface area contributed by atoms with Gasteiger partial charge in [0.15, 0.2) is 5.90 Å². The molecule has 2 heterocycles. The van der Waals surface area contributed by atoms with E-state index in [1.807, 2.05) is 19.3 Å². The van der Waals surface area contributed by atoms with Crippen molar-refractivity contribution in [2.24, 2.45) is 4.99 Å². The van der Waals surface area contributed by atoms with Crippen LogP contribution >= 0.6 is 0 Å². The number of nitrogens with zero attached hydrogens (tertiary/aromatic N) is 1. The van der Waals surface area contributed by atoms with Gasteiger partial charge >= 0.3 is 0 Å². The maximum atomic E-state index is 5.60. The predicted octanol–water partition coefficient (Wildman–Crippen LogP) is 3.62. The van der Waals surface area contributed by atoms with Gasteiger partial charge in [0.2, 0.25) is 0 Å². The van der Waals surface area contributed by atoms with Gasteiger partial charge in [0.1, 0.15) is 12.1 Å². The highest BCUT2D eigenvalue weighted by atomic mass is 16.5. The largest absolute Gasteiger partial charge is 0.479 e. The first-order chi connectivity index (χ1) is 9.76. The first-order valence-electron chi connectivity index (χ1n) is 7.08. The Kier molecular flexibility index (Phi) is 2.49. The van der Waals surface area contributed by atoms with Gasteiger partial charge in [-0.2, -0.15) is 0 Å². The van der Waals surface area contributed by atoms with E-state index in [1.54, 1.807) is 6.26 Å². The van der Waals surface area contributed by atoms with E-state index in [4.69, 9.17) is 14.1 Å². The van der Waals surface area contributed by atoms with Crippen LogP contribution in [0.4, 0.5) is 0 Å². The Morgan fingerprint density at radius 2 is 2.20 bits per heavy atom. The average molecular weight is 267 g/mol. The van der Waals surface area contributed by atoms with Crippen molar-refractivity contribution in [3.63, 3.8) is 0 Å². The monoisotopic (exact) mass is 267 g/mol. The number of rotatable bonds is 1. The van der Waals surface area contributed by atoms with Crippen molar-refractivity contribution in [1.29, 1.82) is 0 Å². The van der Waals surface area contributed by atoms with Gasteiger partial charge in [0.25, 0.3) is 0 Å². The zero-order valence-electron chi connectivity index (χ0n) is 11.6. The smallest absolute Gasteiger partial charge is 0.180 e. The molecule has 0 saturated carbocycles. The summed E-state index contributed by atoms with van der Waals surface area (Å²) >= 11 is 0. The van der Waals surface area contributed by atoms with Crippen LogP contribution < -0.4 is 0 Å². The van der Waals surface area contributed by atoms with E-state index in [0.29, 0.717) is 0 Å². The summed E-state index contributed by atoms with van der Waals surface area (Å²) in [5.74, 6) is 0.833. The van der Waals surface area contributed by atoms with Crippen LogP contribution in [0.25, 0.3) is 11.1 Å². The summed E-state index contributed by atoms with van der Waals surface area (Å²) in [5, 5.41) is 0. The number of benzene rings is 1. The van der Waals surface area contributed by atoms with Crippen LogP contribution in [-0.2, 0) is 17.6 Å². The fourth-order valence-electron chi connectivity index (χ4n) is 3.44. The number of fused-ring (bicyclic) bond motifs is 1. The molecule has 1 aromatic heterocycles. The topological polar surface area (TPSA) is 34.7 Å². The maximum absolute atomic E-state index is 5.60. The van der Waals surface area contributed by atoms with E-state index in [0.717, 1.165) is 31.8 Å². The summed E-state index contributed by atoms with van der Waals surface area (Å²) in [5.41, 5.74) is 5.29. The fraction of sp³-hybridized carbons (Fsp3) is 0.353. The molecule has 0 bridgehead atoms. The molecule has 0 amide bonds. The summed E-state index contributed by atoms with van der Waals surface area (Å²) in [6.45, 7) is 2.68. The van der Waals surface area contributed by atoms with Crippen molar-refractivity contribution in [2.75, 3.05) is 6.61 Å². The highest BCUT2D eigenvalue weighted by Crippen LogP contribution is 2.38. The molecule has 1 atom stereocenters. The lowest BCUT2D eigenvalue weighted by Crippen LogP contribution is -2.35. The van der Waals surface area contributed by atoms with E-state index in [9.17, 15) is 0 Å². The molecule has 0 N–H and O–H groups in total. The molecule has 2 aromatic rings. The van der Waals surface area contributed by atoms with Gasteiger partial charge in [-0.15, -0.1) is 0 Å². The Balaban J connectivity index is 1.76. The van der Waals surface area contributed by atoms with E-state index >= 15 is 0 Å². The Hall–Kier alpha value is -2.03. The molecule has 1 aliphatic carbocycles. The molecule has 2 aliphatic rings. The van der Waals surface area contributed by atoms with Gasteiger partial charge in [-0.05, 0) is 35.6 Å². The molecular weight excluding hydrogens is 250 g/mol. The molecule has 0 saturated heterocycles. The summed E-state index contributed by atoms with van der Waals surface area (Å²) in [4.78, 5) is 4.75. The van der Waals surface area contributed by atoms with Crippen molar-refractivity contribution in [1.82, 2.24) is 0 Å². The molecule has 4 rings (SSSR count). The lowest BCUT2D eigenvalue weighted by molar-refractivity contribution is 0.236.